The summed E-state index contributed by atoms with van der Waals surface area (Å²) in [4.78, 5) is 41.5. The van der Waals surface area contributed by atoms with Gasteiger partial charge in [-0.15, -0.1) is 5.06 Å². The Kier molecular flexibility index (Phi) is 3.70. The SMILES string of the molecule is O=C1c2cccc3cc([N+](=O)[O-])cc(c23)C(=O)N1OCc1ccccc1. The Morgan fingerprint density at radius 3 is 2.38 bits per heavy atom. The molecule has 0 radical (unpaired) electrons. The molecule has 0 aromatic heterocycles. The molecule has 1 aliphatic rings. The Labute approximate surface area is 147 Å². The van der Waals surface area contributed by atoms with Crippen molar-refractivity contribution < 1.29 is 19.3 Å². The van der Waals surface area contributed by atoms with Gasteiger partial charge in [0.2, 0.25) is 0 Å². The molecule has 0 fully saturated rings. The predicted molar refractivity (Wildman–Crippen MR) is 92.3 cm³/mol. The molecule has 1 aliphatic heterocycles. The van der Waals surface area contributed by atoms with Gasteiger partial charge in [0.15, 0.2) is 0 Å². The van der Waals surface area contributed by atoms with Crippen LogP contribution in [0.5, 0.6) is 0 Å². The number of hydroxylamine groups is 2. The summed E-state index contributed by atoms with van der Waals surface area (Å²) in [5.74, 6) is -1.30. The first-order chi connectivity index (χ1) is 12.6. The van der Waals surface area contributed by atoms with Crippen molar-refractivity contribution in [1.29, 1.82) is 0 Å². The van der Waals surface area contributed by atoms with Crippen molar-refractivity contribution in [2.24, 2.45) is 0 Å². The first-order valence-corrected chi connectivity index (χ1v) is 7.83. The lowest BCUT2D eigenvalue weighted by molar-refractivity contribution is -0.384. The molecule has 0 bridgehead atoms. The number of nitro groups is 1. The van der Waals surface area contributed by atoms with E-state index in [0.717, 1.165) is 5.56 Å². The number of imide groups is 1. The number of rotatable bonds is 4. The van der Waals surface area contributed by atoms with Gasteiger partial charge in [0.25, 0.3) is 17.5 Å². The van der Waals surface area contributed by atoms with Gasteiger partial charge in [0.05, 0.1) is 16.1 Å². The largest absolute Gasteiger partial charge is 0.286 e. The lowest BCUT2D eigenvalue weighted by Crippen LogP contribution is -2.40. The number of amides is 2. The summed E-state index contributed by atoms with van der Waals surface area (Å²) in [7, 11) is 0. The van der Waals surface area contributed by atoms with Crippen molar-refractivity contribution in [2.45, 2.75) is 6.61 Å². The van der Waals surface area contributed by atoms with Gasteiger partial charge in [-0.05, 0) is 17.0 Å². The van der Waals surface area contributed by atoms with Crippen LogP contribution in [-0.2, 0) is 11.4 Å². The zero-order valence-electron chi connectivity index (χ0n) is 13.4. The maximum absolute atomic E-state index is 12.8. The summed E-state index contributed by atoms with van der Waals surface area (Å²) in [6, 6.07) is 16.4. The number of hydrogen-bond acceptors (Lipinski definition) is 5. The summed E-state index contributed by atoms with van der Waals surface area (Å²) in [6.07, 6.45) is 0. The highest BCUT2D eigenvalue weighted by Gasteiger charge is 2.35. The molecule has 0 saturated carbocycles. The molecule has 7 nitrogen and oxygen atoms in total. The van der Waals surface area contributed by atoms with Gasteiger partial charge in [-0.25, -0.2) is 0 Å². The summed E-state index contributed by atoms with van der Waals surface area (Å²) in [5.41, 5.74) is 0.934. The number of non-ortho nitro benzene ring substituents is 1. The van der Waals surface area contributed by atoms with Crippen LogP contribution in [0.3, 0.4) is 0 Å². The van der Waals surface area contributed by atoms with Crippen molar-refractivity contribution in [1.82, 2.24) is 5.06 Å². The van der Waals surface area contributed by atoms with E-state index in [9.17, 15) is 19.7 Å². The first kappa shape index (κ1) is 15.9. The predicted octanol–water partition coefficient (Wildman–Crippen LogP) is 3.48. The average molecular weight is 348 g/mol. The number of benzene rings is 3. The summed E-state index contributed by atoms with van der Waals surface area (Å²) >= 11 is 0. The fraction of sp³-hybridized carbons (Fsp3) is 0.0526. The maximum atomic E-state index is 12.8. The Balaban J connectivity index is 1.77. The molecule has 26 heavy (non-hydrogen) atoms. The third kappa shape index (κ3) is 2.51. The van der Waals surface area contributed by atoms with Gasteiger partial charge in [-0.2, -0.15) is 0 Å². The molecule has 2 amide bonds. The van der Waals surface area contributed by atoms with Gasteiger partial charge in [0.1, 0.15) is 6.61 Å². The molecule has 0 spiro atoms. The lowest BCUT2D eigenvalue weighted by Gasteiger charge is -2.26. The molecular formula is C19H12N2O5. The van der Waals surface area contributed by atoms with Crippen LogP contribution in [0.15, 0.2) is 60.7 Å². The van der Waals surface area contributed by atoms with E-state index in [0.29, 0.717) is 15.8 Å². The second-order valence-electron chi connectivity index (χ2n) is 5.82. The Hall–Kier alpha value is -3.58. The highest BCUT2D eigenvalue weighted by atomic mass is 16.7. The van der Waals surface area contributed by atoms with Gasteiger partial charge in [-0.1, -0.05) is 42.5 Å². The van der Waals surface area contributed by atoms with E-state index in [-0.39, 0.29) is 23.4 Å². The Bertz CT molecular complexity index is 1060. The summed E-state index contributed by atoms with van der Waals surface area (Å²) in [5, 5.41) is 12.7. The van der Waals surface area contributed by atoms with Crippen molar-refractivity contribution in [2.75, 3.05) is 0 Å². The summed E-state index contributed by atoms with van der Waals surface area (Å²) < 4.78 is 0. The van der Waals surface area contributed by atoms with Gasteiger partial charge in [0, 0.05) is 17.5 Å². The second kappa shape index (κ2) is 6.05. The van der Waals surface area contributed by atoms with Crippen molar-refractivity contribution in [3.63, 3.8) is 0 Å². The molecule has 3 aromatic carbocycles. The van der Waals surface area contributed by atoms with E-state index in [1.54, 1.807) is 30.3 Å². The van der Waals surface area contributed by atoms with Crippen LogP contribution >= 0.6 is 0 Å². The van der Waals surface area contributed by atoms with E-state index in [4.69, 9.17) is 4.84 Å². The first-order valence-electron chi connectivity index (χ1n) is 7.83. The third-order valence-electron chi connectivity index (χ3n) is 4.21. The molecule has 0 unspecified atom stereocenters. The molecule has 0 atom stereocenters. The normalized spacial score (nSPS) is 13.3. The Morgan fingerprint density at radius 2 is 1.65 bits per heavy atom. The topological polar surface area (TPSA) is 89.8 Å². The molecule has 3 aromatic rings. The van der Waals surface area contributed by atoms with Crippen LogP contribution in [0.25, 0.3) is 10.8 Å². The highest BCUT2D eigenvalue weighted by molar-refractivity contribution is 6.25. The molecule has 1 heterocycles. The van der Waals surface area contributed by atoms with Crippen LogP contribution < -0.4 is 0 Å². The van der Waals surface area contributed by atoms with E-state index in [1.807, 2.05) is 18.2 Å². The highest BCUT2D eigenvalue weighted by Crippen LogP contribution is 2.33. The minimum absolute atomic E-state index is 0.0263. The molecule has 7 heteroatoms. The number of nitro benzene ring substituents is 1. The van der Waals surface area contributed by atoms with Crippen LogP contribution in [0.4, 0.5) is 5.69 Å². The minimum Gasteiger partial charge on any atom is -0.266 e. The van der Waals surface area contributed by atoms with Gasteiger partial charge < -0.3 is 0 Å². The van der Waals surface area contributed by atoms with E-state index in [1.165, 1.54) is 12.1 Å². The Morgan fingerprint density at radius 1 is 0.923 bits per heavy atom. The van der Waals surface area contributed by atoms with Crippen LogP contribution in [0.2, 0.25) is 0 Å². The van der Waals surface area contributed by atoms with Gasteiger partial charge in [-0.3, -0.25) is 24.5 Å². The number of hydrogen-bond donors (Lipinski definition) is 0. The quantitative estimate of drug-likeness (QED) is 0.409. The van der Waals surface area contributed by atoms with E-state index >= 15 is 0 Å². The second-order valence-corrected chi connectivity index (χ2v) is 5.82. The molecule has 0 saturated heterocycles. The zero-order valence-corrected chi connectivity index (χ0v) is 13.4. The average Bonchev–Trinajstić information content (AvgIpc) is 2.66. The van der Waals surface area contributed by atoms with Crippen molar-refractivity contribution in [3.05, 3.63) is 87.5 Å². The third-order valence-corrected chi connectivity index (χ3v) is 4.21. The molecule has 4 rings (SSSR count). The molecular weight excluding hydrogens is 336 g/mol. The van der Waals surface area contributed by atoms with Crippen LogP contribution in [-0.4, -0.2) is 21.8 Å². The lowest BCUT2D eigenvalue weighted by atomic mass is 9.94. The van der Waals surface area contributed by atoms with E-state index < -0.39 is 16.7 Å². The molecule has 128 valence electrons. The number of carbonyl (C=O) groups is 2. The fourth-order valence-electron chi connectivity index (χ4n) is 3.01. The van der Waals surface area contributed by atoms with Crippen LogP contribution in [0, 0.1) is 10.1 Å². The monoisotopic (exact) mass is 348 g/mol. The zero-order chi connectivity index (χ0) is 18.3. The minimum atomic E-state index is -0.710. The smallest absolute Gasteiger partial charge is 0.266 e. The van der Waals surface area contributed by atoms with E-state index in [2.05, 4.69) is 0 Å². The number of carbonyl (C=O) groups excluding carboxylic acids is 2. The maximum Gasteiger partial charge on any atom is 0.286 e. The summed E-state index contributed by atoms with van der Waals surface area (Å²) in [6.45, 7) is 0.0263. The number of nitrogens with zero attached hydrogens (tertiary/aromatic N) is 2. The molecule has 0 aliphatic carbocycles. The van der Waals surface area contributed by atoms with Crippen molar-refractivity contribution in [3.8, 4) is 0 Å². The van der Waals surface area contributed by atoms with Crippen molar-refractivity contribution >= 4 is 28.3 Å². The van der Waals surface area contributed by atoms with Crippen LogP contribution in [0.1, 0.15) is 26.3 Å². The fourth-order valence-corrected chi connectivity index (χ4v) is 3.01. The molecule has 0 N–H and O–H groups in total. The standard InChI is InChI=1S/C19H12N2O5/c22-18-15-8-4-7-13-9-14(21(24)25)10-16(17(13)15)19(23)20(18)26-11-12-5-2-1-3-6-12/h1-10H,11H2. The van der Waals surface area contributed by atoms with Gasteiger partial charge >= 0.3 is 0 Å².